The Hall–Kier alpha value is -4.02. The molecule has 43 heavy (non-hydrogen) atoms. The number of nitrogens with two attached hydrogens (primary N) is 2. The molecule has 230 valence electrons. The number of aromatic nitrogens is 2. The fraction of sp³-hybridized carbons (Fsp3) is 0.238. The fourth-order valence-electron chi connectivity index (χ4n) is 3.40. The van der Waals surface area contributed by atoms with Crippen molar-refractivity contribution in [3.8, 4) is 0 Å². The number of carbonyl (C=O) groups excluding carboxylic acids is 2. The van der Waals surface area contributed by atoms with Crippen LogP contribution in [-0.2, 0) is 24.9 Å². The molecule has 2 aliphatic heterocycles. The number of oxime groups is 1. The minimum atomic E-state index is -5.08. The number of β-lactam (4-membered cyclic amide) rings is 1. The highest BCUT2D eigenvalue weighted by atomic mass is 32.2. The summed E-state index contributed by atoms with van der Waals surface area (Å²) in [5.41, 5.74) is 11.2. The normalized spacial score (nSPS) is 18.2. The second kappa shape index (κ2) is 14.0. The number of hydrogen-bond donors (Lipinski definition) is 7. The third kappa shape index (κ3) is 8.09. The maximum absolute atomic E-state index is 12.9. The number of alkyl halides is 3. The van der Waals surface area contributed by atoms with Crippen molar-refractivity contribution in [3.63, 3.8) is 0 Å². The standard InChI is InChI=1S/C19H18N8O5S4.C2HF3O2/c20-18(21)34-4-7-3-23-2-1-9(7)36-10-6-33-16-12(15(29)27(16)13(10)17(30)31)25-14(28)11(26-32)8-5-35-19(22)24-8;3-2(4,5)1(6)7/h1-3,5,12,16,32H,4,6H2,(H3,20,21)(H2,22,24)(H,25,28)(H,30,31);(H,6,7)/b26-11-;/t12-,16-;/m1./s1. The van der Waals surface area contributed by atoms with Gasteiger partial charge < -0.3 is 32.2 Å². The number of nitrogens with one attached hydrogen (secondary N) is 2. The Morgan fingerprint density at radius 1 is 1.30 bits per heavy atom. The number of amidine groups is 1. The molecule has 2 aromatic rings. The van der Waals surface area contributed by atoms with E-state index >= 15 is 0 Å². The zero-order chi connectivity index (χ0) is 32.1. The number of thioether (sulfide) groups is 3. The van der Waals surface area contributed by atoms with E-state index in [1.165, 1.54) is 28.9 Å². The summed E-state index contributed by atoms with van der Waals surface area (Å²) in [4.78, 5) is 57.0. The van der Waals surface area contributed by atoms with E-state index in [0.29, 0.717) is 10.7 Å². The van der Waals surface area contributed by atoms with Crippen LogP contribution >= 0.6 is 46.6 Å². The van der Waals surface area contributed by atoms with Gasteiger partial charge in [-0.2, -0.15) is 13.2 Å². The van der Waals surface area contributed by atoms with Crippen molar-refractivity contribution in [1.82, 2.24) is 20.2 Å². The van der Waals surface area contributed by atoms with Crippen molar-refractivity contribution in [2.45, 2.75) is 28.2 Å². The topological polar surface area (TPSA) is 258 Å². The molecule has 0 radical (unpaired) electrons. The minimum Gasteiger partial charge on any atom is -0.477 e. The lowest BCUT2D eigenvalue weighted by Gasteiger charge is -2.49. The minimum absolute atomic E-state index is 0.0526. The Morgan fingerprint density at radius 2 is 1.98 bits per heavy atom. The van der Waals surface area contributed by atoms with Gasteiger partial charge in [0.25, 0.3) is 11.8 Å². The molecule has 2 atom stereocenters. The summed E-state index contributed by atoms with van der Waals surface area (Å²) in [6.07, 6.45) is -1.89. The summed E-state index contributed by atoms with van der Waals surface area (Å²) >= 11 is 4.67. The van der Waals surface area contributed by atoms with E-state index in [9.17, 15) is 37.9 Å². The van der Waals surface area contributed by atoms with Gasteiger partial charge in [0.15, 0.2) is 16.0 Å². The molecule has 2 aliphatic rings. The number of thiazole rings is 1. The monoisotopic (exact) mass is 680 g/mol. The van der Waals surface area contributed by atoms with Gasteiger partial charge in [0.1, 0.15) is 22.8 Å². The van der Waals surface area contributed by atoms with Crippen LogP contribution in [0.15, 0.2) is 44.5 Å². The molecule has 22 heteroatoms. The molecule has 2 amide bonds. The van der Waals surface area contributed by atoms with Crippen LogP contribution in [0.25, 0.3) is 0 Å². The highest BCUT2D eigenvalue weighted by molar-refractivity contribution is 8.13. The molecule has 1 fully saturated rings. The largest absolute Gasteiger partial charge is 0.490 e. The number of anilines is 1. The van der Waals surface area contributed by atoms with Crippen LogP contribution in [0.3, 0.4) is 0 Å². The van der Waals surface area contributed by atoms with Crippen LogP contribution in [0.4, 0.5) is 18.3 Å². The smallest absolute Gasteiger partial charge is 0.477 e. The first-order valence-electron chi connectivity index (χ1n) is 11.2. The molecule has 15 nitrogen and oxygen atoms in total. The fourth-order valence-corrected chi connectivity index (χ4v) is 7.15. The summed E-state index contributed by atoms with van der Waals surface area (Å²) < 4.78 is 31.7. The van der Waals surface area contributed by atoms with Crippen LogP contribution in [0.2, 0.25) is 0 Å². The molecule has 0 spiro atoms. The van der Waals surface area contributed by atoms with Gasteiger partial charge in [-0.05, 0) is 11.6 Å². The van der Waals surface area contributed by atoms with E-state index in [4.69, 9.17) is 26.8 Å². The van der Waals surface area contributed by atoms with Crippen molar-refractivity contribution in [2.75, 3.05) is 11.5 Å². The van der Waals surface area contributed by atoms with E-state index in [1.807, 2.05) is 0 Å². The number of carboxylic acids is 2. The van der Waals surface area contributed by atoms with Gasteiger partial charge in [-0.25, -0.2) is 14.6 Å². The second-order valence-corrected chi connectivity index (χ2v) is 12.1. The molecule has 9 N–H and O–H groups in total. The van der Waals surface area contributed by atoms with Crippen molar-refractivity contribution >= 4 is 86.4 Å². The Labute approximate surface area is 255 Å². The average molecular weight is 681 g/mol. The molecular weight excluding hydrogens is 662 g/mol. The number of amides is 2. The van der Waals surface area contributed by atoms with Gasteiger partial charge in [0, 0.05) is 39.1 Å². The predicted octanol–water partition coefficient (Wildman–Crippen LogP) is 1.55. The number of carbonyl (C=O) groups is 4. The number of nitrogens with zero attached hydrogens (tertiary/aromatic N) is 4. The van der Waals surface area contributed by atoms with E-state index in [1.54, 1.807) is 18.5 Å². The van der Waals surface area contributed by atoms with Crippen LogP contribution in [-0.4, -0.2) is 88.3 Å². The lowest BCUT2D eigenvalue weighted by Crippen LogP contribution is -2.71. The first-order chi connectivity index (χ1) is 20.1. The lowest BCUT2D eigenvalue weighted by atomic mass is 10.0. The molecule has 4 rings (SSSR count). The molecule has 2 aromatic heterocycles. The van der Waals surface area contributed by atoms with Crippen LogP contribution < -0.4 is 16.8 Å². The quantitative estimate of drug-likeness (QED) is 0.0686. The molecule has 4 heterocycles. The van der Waals surface area contributed by atoms with Crippen molar-refractivity contribution in [3.05, 3.63) is 45.7 Å². The Balaban J connectivity index is 0.000000646. The highest BCUT2D eigenvalue weighted by Gasteiger charge is 2.54. The first kappa shape index (κ1) is 33.5. The van der Waals surface area contributed by atoms with Crippen molar-refractivity contribution < 1.29 is 47.8 Å². The zero-order valence-corrected chi connectivity index (χ0v) is 24.3. The number of carboxylic acid groups (broad SMARTS) is 2. The number of pyridine rings is 1. The number of rotatable bonds is 8. The van der Waals surface area contributed by atoms with Crippen LogP contribution in [0, 0.1) is 5.41 Å². The number of hydrogen-bond acceptors (Lipinski definition) is 14. The maximum atomic E-state index is 12.9. The molecule has 0 saturated carbocycles. The third-order valence-corrected chi connectivity index (χ3v) is 9.32. The zero-order valence-electron chi connectivity index (χ0n) is 21.1. The lowest BCUT2D eigenvalue weighted by molar-refractivity contribution is -0.192. The summed E-state index contributed by atoms with van der Waals surface area (Å²) in [5.74, 6) is -4.82. The van der Waals surface area contributed by atoms with Gasteiger partial charge >= 0.3 is 18.1 Å². The van der Waals surface area contributed by atoms with Crippen molar-refractivity contribution in [1.29, 1.82) is 5.41 Å². The van der Waals surface area contributed by atoms with E-state index in [2.05, 4.69) is 20.4 Å². The van der Waals surface area contributed by atoms with Gasteiger partial charge in [-0.3, -0.25) is 24.9 Å². The number of fused-ring (bicyclic) bond motifs is 1. The predicted molar refractivity (Wildman–Crippen MR) is 152 cm³/mol. The highest BCUT2D eigenvalue weighted by Crippen LogP contribution is 2.45. The first-order valence-corrected chi connectivity index (χ1v) is 14.9. The Bertz CT molecular complexity index is 1520. The summed E-state index contributed by atoms with van der Waals surface area (Å²) in [5, 5.41) is 40.1. The van der Waals surface area contributed by atoms with E-state index in [-0.39, 0.29) is 27.4 Å². The third-order valence-electron chi connectivity index (χ3n) is 5.22. The molecule has 1 saturated heterocycles. The van der Waals surface area contributed by atoms with E-state index in [0.717, 1.165) is 38.5 Å². The van der Waals surface area contributed by atoms with E-state index < -0.39 is 47.1 Å². The second-order valence-electron chi connectivity index (χ2n) is 8.00. The van der Waals surface area contributed by atoms with Crippen LogP contribution in [0.1, 0.15) is 11.3 Å². The molecule has 0 aromatic carbocycles. The number of nitrogen functional groups attached to an aromatic ring is 1. The van der Waals surface area contributed by atoms with Crippen LogP contribution in [0.5, 0.6) is 0 Å². The number of halogens is 3. The van der Waals surface area contributed by atoms with Gasteiger partial charge in [0.2, 0.25) is 0 Å². The van der Waals surface area contributed by atoms with Gasteiger partial charge in [-0.1, -0.05) is 28.7 Å². The summed E-state index contributed by atoms with van der Waals surface area (Å²) in [6.45, 7) is 0. The molecular formula is C21H19F3N8O7S4. The summed E-state index contributed by atoms with van der Waals surface area (Å²) in [7, 11) is 0. The SMILES string of the molecule is N=C(N)SCc1cnccc1SC1=C(C(=O)O)N2C(=O)[C@@H](NC(=O)/C(=N\O)c3csc(N)n3)[C@H]2SC1.O=C(O)C(F)(F)F. The van der Waals surface area contributed by atoms with Gasteiger partial charge in [0.05, 0.1) is 0 Å². The Kier molecular flexibility index (Phi) is 10.9. The maximum Gasteiger partial charge on any atom is 0.490 e. The molecule has 0 bridgehead atoms. The molecule has 0 aliphatic carbocycles. The Morgan fingerprint density at radius 3 is 2.51 bits per heavy atom. The van der Waals surface area contributed by atoms with Gasteiger partial charge in [-0.15, -0.1) is 23.1 Å². The number of aliphatic carboxylic acids is 2. The summed E-state index contributed by atoms with van der Waals surface area (Å²) in [6, 6.07) is 0.714. The molecule has 0 unspecified atom stereocenters. The average Bonchev–Trinajstić information content (AvgIpc) is 3.36. The van der Waals surface area contributed by atoms with Crippen molar-refractivity contribution in [2.24, 2.45) is 10.9 Å².